The minimum Gasteiger partial charge on any atom is -0.370 e. The van der Waals surface area contributed by atoms with E-state index in [1.165, 1.54) is 6.33 Å². The largest absolute Gasteiger partial charge is 0.370 e. The third-order valence-electron chi connectivity index (χ3n) is 2.26. The minimum atomic E-state index is -0.737. The average molecular weight is 256 g/mol. The van der Waals surface area contributed by atoms with E-state index in [1.807, 2.05) is 13.0 Å². The van der Waals surface area contributed by atoms with Gasteiger partial charge in [-0.3, -0.25) is 4.21 Å². The van der Waals surface area contributed by atoms with Crippen LogP contribution in [0.2, 0.25) is 0 Å². The van der Waals surface area contributed by atoms with E-state index < -0.39 is 10.8 Å². The van der Waals surface area contributed by atoms with Crippen LogP contribution in [0.25, 0.3) is 0 Å². The van der Waals surface area contributed by atoms with Gasteiger partial charge in [-0.15, -0.1) is 0 Å². The second-order valence-electron chi connectivity index (χ2n) is 3.93. The number of anilines is 2. The Kier molecular flexibility index (Phi) is 5.90. The van der Waals surface area contributed by atoms with Crippen molar-refractivity contribution in [1.29, 1.82) is 0 Å². The molecule has 1 aromatic heterocycles. The maximum absolute atomic E-state index is 11.0. The molecule has 1 heterocycles. The summed E-state index contributed by atoms with van der Waals surface area (Å²) in [6.07, 6.45) is 4.12. The summed E-state index contributed by atoms with van der Waals surface area (Å²) in [4.78, 5) is 8.25. The normalized spacial score (nSPS) is 14.1. The minimum absolute atomic E-state index is 0.253. The van der Waals surface area contributed by atoms with Crippen molar-refractivity contribution in [3.8, 4) is 0 Å². The van der Waals surface area contributed by atoms with Gasteiger partial charge in [0.1, 0.15) is 18.0 Å². The van der Waals surface area contributed by atoms with Crippen LogP contribution in [0.5, 0.6) is 0 Å². The van der Waals surface area contributed by atoms with Crippen LogP contribution in [-0.4, -0.2) is 38.8 Å². The molecule has 17 heavy (non-hydrogen) atoms. The van der Waals surface area contributed by atoms with E-state index in [1.54, 1.807) is 6.26 Å². The van der Waals surface area contributed by atoms with Crippen LogP contribution in [0.4, 0.5) is 11.6 Å². The zero-order chi connectivity index (χ0) is 12.7. The number of nitrogens with one attached hydrogen (secondary N) is 2. The van der Waals surface area contributed by atoms with Crippen molar-refractivity contribution >= 4 is 22.4 Å². The molecule has 0 aliphatic carbocycles. The molecular weight excluding hydrogens is 236 g/mol. The van der Waals surface area contributed by atoms with E-state index >= 15 is 0 Å². The predicted octanol–water partition coefficient (Wildman–Crippen LogP) is 1.48. The van der Waals surface area contributed by atoms with Gasteiger partial charge in [-0.2, -0.15) is 0 Å². The Hall–Kier alpha value is -1.17. The van der Waals surface area contributed by atoms with Gasteiger partial charge in [-0.05, 0) is 20.3 Å². The van der Waals surface area contributed by atoms with Crippen LogP contribution in [0, 0.1) is 0 Å². The Morgan fingerprint density at radius 2 is 2.12 bits per heavy atom. The maximum atomic E-state index is 11.0. The first kappa shape index (κ1) is 13.9. The second kappa shape index (κ2) is 7.21. The Bertz CT molecular complexity index is 372. The maximum Gasteiger partial charge on any atom is 0.131 e. The van der Waals surface area contributed by atoms with Gasteiger partial charge in [-0.1, -0.05) is 0 Å². The molecule has 0 saturated carbocycles. The third-order valence-corrected chi connectivity index (χ3v) is 3.07. The lowest BCUT2D eigenvalue weighted by atomic mass is 10.2. The Morgan fingerprint density at radius 3 is 2.76 bits per heavy atom. The molecule has 0 spiro atoms. The Balaban J connectivity index is 2.49. The van der Waals surface area contributed by atoms with Crippen molar-refractivity contribution in [3.63, 3.8) is 0 Å². The fourth-order valence-corrected chi connectivity index (χ4v) is 2.07. The smallest absolute Gasteiger partial charge is 0.131 e. The molecular formula is C11H20N4OS. The fourth-order valence-electron chi connectivity index (χ4n) is 1.38. The summed E-state index contributed by atoms with van der Waals surface area (Å²) >= 11 is 0. The zero-order valence-corrected chi connectivity index (χ0v) is 11.4. The molecule has 2 N–H and O–H groups in total. The first-order valence-corrected chi connectivity index (χ1v) is 7.47. The number of hydrogen-bond acceptors (Lipinski definition) is 5. The van der Waals surface area contributed by atoms with E-state index in [2.05, 4.69) is 27.5 Å². The summed E-state index contributed by atoms with van der Waals surface area (Å²) in [5, 5.41) is 6.40. The molecule has 2 unspecified atom stereocenters. The highest BCUT2D eigenvalue weighted by atomic mass is 32.2. The highest BCUT2D eigenvalue weighted by molar-refractivity contribution is 7.84. The summed E-state index contributed by atoms with van der Waals surface area (Å²) in [7, 11) is -0.737. The van der Waals surface area contributed by atoms with E-state index in [0.29, 0.717) is 5.75 Å². The van der Waals surface area contributed by atoms with Gasteiger partial charge in [0.2, 0.25) is 0 Å². The van der Waals surface area contributed by atoms with Gasteiger partial charge in [0.25, 0.3) is 0 Å². The monoisotopic (exact) mass is 256 g/mol. The highest BCUT2D eigenvalue weighted by Gasteiger charge is 2.05. The average Bonchev–Trinajstić information content (AvgIpc) is 2.27. The van der Waals surface area contributed by atoms with E-state index in [0.717, 1.165) is 24.6 Å². The van der Waals surface area contributed by atoms with Gasteiger partial charge in [0, 0.05) is 41.5 Å². The van der Waals surface area contributed by atoms with Gasteiger partial charge in [0.05, 0.1) is 0 Å². The van der Waals surface area contributed by atoms with Crippen molar-refractivity contribution < 1.29 is 4.21 Å². The molecule has 2 atom stereocenters. The van der Waals surface area contributed by atoms with Crippen LogP contribution in [0.15, 0.2) is 12.4 Å². The first-order chi connectivity index (χ1) is 8.11. The van der Waals surface area contributed by atoms with Gasteiger partial charge < -0.3 is 10.6 Å². The molecule has 0 amide bonds. The molecule has 6 heteroatoms. The lowest BCUT2D eigenvalue weighted by Crippen LogP contribution is -2.18. The van der Waals surface area contributed by atoms with E-state index in [-0.39, 0.29) is 6.04 Å². The molecule has 1 aromatic rings. The van der Waals surface area contributed by atoms with Crippen molar-refractivity contribution in [2.45, 2.75) is 26.3 Å². The number of nitrogens with zero attached hydrogens (tertiary/aromatic N) is 2. The summed E-state index contributed by atoms with van der Waals surface area (Å²) in [5.41, 5.74) is 0. The molecule has 0 aromatic carbocycles. The molecule has 0 fully saturated rings. The van der Waals surface area contributed by atoms with Gasteiger partial charge >= 0.3 is 0 Å². The molecule has 0 radical (unpaired) electrons. The van der Waals surface area contributed by atoms with Crippen molar-refractivity contribution in [3.05, 3.63) is 12.4 Å². The molecule has 96 valence electrons. The van der Waals surface area contributed by atoms with Crippen LogP contribution in [0.3, 0.4) is 0 Å². The number of rotatable bonds is 7. The molecule has 0 aliphatic heterocycles. The standard InChI is InChI=1S/C11H20N4OS/c1-4-12-10-7-11(14-8-13-10)15-9(2)5-6-17(3)16/h7-9H,4-6H2,1-3H3,(H2,12,13,14,15). The highest BCUT2D eigenvalue weighted by Crippen LogP contribution is 2.10. The van der Waals surface area contributed by atoms with E-state index in [4.69, 9.17) is 0 Å². The Morgan fingerprint density at radius 1 is 1.41 bits per heavy atom. The van der Waals surface area contributed by atoms with E-state index in [9.17, 15) is 4.21 Å². The number of hydrogen-bond donors (Lipinski definition) is 2. The molecule has 0 bridgehead atoms. The van der Waals surface area contributed by atoms with Crippen LogP contribution in [0.1, 0.15) is 20.3 Å². The summed E-state index contributed by atoms with van der Waals surface area (Å²) in [6, 6.07) is 2.13. The number of aromatic nitrogens is 2. The second-order valence-corrected chi connectivity index (χ2v) is 5.48. The third kappa shape index (κ3) is 5.63. The van der Waals surface area contributed by atoms with Crippen molar-refractivity contribution in [2.75, 3.05) is 29.2 Å². The van der Waals surface area contributed by atoms with Crippen LogP contribution in [-0.2, 0) is 10.8 Å². The summed E-state index contributed by atoms with van der Waals surface area (Å²) in [6.45, 7) is 4.91. The summed E-state index contributed by atoms with van der Waals surface area (Å²) < 4.78 is 11.0. The lowest BCUT2D eigenvalue weighted by molar-refractivity contribution is 0.678. The summed E-state index contributed by atoms with van der Waals surface area (Å²) in [5.74, 6) is 2.32. The van der Waals surface area contributed by atoms with Crippen molar-refractivity contribution in [2.24, 2.45) is 0 Å². The zero-order valence-electron chi connectivity index (χ0n) is 10.6. The molecule has 1 rings (SSSR count). The molecule has 0 saturated heterocycles. The topological polar surface area (TPSA) is 66.9 Å². The molecule has 5 nitrogen and oxygen atoms in total. The Labute approximate surface area is 105 Å². The predicted molar refractivity (Wildman–Crippen MR) is 72.8 cm³/mol. The van der Waals surface area contributed by atoms with Crippen LogP contribution >= 0.6 is 0 Å². The van der Waals surface area contributed by atoms with Gasteiger partial charge in [-0.25, -0.2) is 9.97 Å². The van der Waals surface area contributed by atoms with Crippen LogP contribution < -0.4 is 10.6 Å². The fraction of sp³-hybridized carbons (Fsp3) is 0.636. The quantitative estimate of drug-likeness (QED) is 0.773. The molecule has 0 aliphatic rings. The first-order valence-electron chi connectivity index (χ1n) is 5.74. The SMILES string of the molecule is CCNc1cc(NC(C)CCS(C)=O)ncn1. The van der Waals surface area contributed by atoms with Gasteiger partial charge in [0.15, 0.2) is 0 Å². The van der Waals surface area contributed by atoms with Crippen molar-refractivity contribution in [1.82, 2.24) is 9.97 Å². The lowest BCUT2D eigenvalue weighted by Gasteiger charge is -2.14.